The second-order valence-corrected chi connectivity index (χ2v) is 4.30. The maximum Gasteiger partial charge on any atom is 0.249 e. The third kappa shape index (κ3) is 3.94. The van der Waals surface area contributed by atoms with E-state index in [9.17, 15) is 4.79 Å². The van der Waals surface area contributed by atoms with E-state index >= 15 is 0 Å². The van der Waals surface area contributed by atoms with Gasteiger partial charge in [-0.2, -0.15) is 0 Å². The lowest BCUT2D eigenvalue weighted by molar-refractivity contribution is -0.137. The molecule has 0 bridgehead atoms. The van der Waals surface area contributed by atoms with E-state index in [1.54, 1.807) is 13.0 Å². The molecule has 16 heavy (non-hydrogen) atoms. The number of ether oxygens (including phenoxy) is 1. The number of amides is 1. The molecule has 0 aromatic heterocycles. The van der Waals surface area contributed by atoms with E-state index in [0.29, 0.717) is 6.54 Å². The van der Waals surface area contributed by atoms with Gasteiger partial charge in [0, 0.05) is 12.6 Å². The molecule has 1 aliphatic carbocycles. The van der Waals surface area contributed by atoms with E-state index in [-0.39, 0.29) is 18.1 Å². The average Bonchev–Trinajstić information content (AvgIpc) is 2.28. The number of carbonyl (C=O) groups excluding carboxylic acids is 1. The van der Waals surface area contributed by atoms with E-state index in [1.165, 1.54) is 0 Å². The second kappa shape index (κ2) is 6.66. The molecule has 1 fully saturated rings. The van der Waals surface area contributed by atoms with Gasteiger partial charge >= 0.3 is 0 Å². The molecule has 4 heteroatoms. The van der Waals surface area contributed by atoms with Gasteiger partial charge < -0.3 is 15.8 Å². The Hall–Kier alpha value is -0.870. The van der Waals surface area contributed by atoms with Crippen LogP contribution in [-0.4, -0.2) is 30.7 Å². The molecule has 0 heterocycles. The molecular weight excluding hydrogens is 204 g/mol. The molecule has 1 rings (SSSR count). The minimum Gasteiger partial charge on any atom is -0.364 e. The summed E-state index contributed by atoms with van der Waals surface area (Å²) in [4.78, 5) is 11.6. The quantitative estimate of drug-likeness (QED) is 0.686. The fourth-order valence-corrected chi connectivity index (χ4v) is 1.93. The number of nitrogens with two attached hydrogens (primary N) is 1. The lowest BCUT2D eigenvalue weighted by Gasteiger charge is -2.30. The van der Waals surface area contributed by atoms with Crippen LogP contribution in [0.25, 0.3) is 0 Å². The summed E-state index contributed by atoms with van der Waals surface area (Å²) >= 11 is 0. The first-order chi connectivity index (χ1) is 7.65. The molecule has 3 atom stereocenters. The van der Waals surface area contributed by atoms with Crippen LogP contribution >= 0.6 is 0 Å². The Morgan fingerprint density at radius 2 is 2.31 bits per heavy atom. The lowest BCUT2D eigenvalue weighted by Crippen LogP contribution is -2.44. The smallest absolute Gasteiger partial charge is 0.249 e. The van der Waals surface area contributed by atoms with Gasteiger partial charge in [-0.25, -0.2) is 0 Å². The van der Waals surface area contributed by atoms with Crippen LogP contribution in [0.15, 0.2) is 12.7 Å². The SMILES string of the molecule is C=CCNC(=O)C(C)OC1CCCCC1N. The molecule has 0 aliphatic heterocycles. The predicted octanol–water partition coefficient (Wildman–Crippen LogP) is 0.964. The topological polar surface area (TPSA) is 64.3 Å². The second-order valence-electron chi connectivity index (χ2n) is 4.30. The minimum atomic E-state index is -0.436. The molecule has 3 N–H and O–H groups in total. The summed E-state index contributed by atoms with van der Waals surface area (Å²) < 4.78 is 5.69. The molecule has 0 aromatic rings. The molecule has 1 amide bonds. The average molecular weight is 226 g/mol. The fourth-order valence-electron chi connectivity index (χ4n) is 1.93. The van der Waals surface area contributed by atoms with Crippen LogP contribution in [0, 0.1) is 0 Å². The first-order valence-electron chi connectivity index (χ1n) is 5.94. The Bertz CT molecular complexity index is 243. The van der Waals surface area contributed by atoms with E-state index in [4.69, 9.17) is 10.5 Å². The Kier molecular flexibility index (Phi) is 5.49. The van der Waals surface area contributed by atoms with Crippen molar-refractivity contribution in [2.45, 2.75) is 50.9 Å². The molecule has 1 saturated carbocycles. The van der Waals surface area contributed by atoms with Gasteiger partial charge in [0.25, 0.3) is 0 Å². The third-order valence-corrected chi connectivity index (χ3v) is 2.92. The van der Waals surface area contributed by atoms with Crippen LogP contribution in [-0.2, 0) is 9.53 Å². The van der Waals surface area contributed by atoms with Crippen molar-refractivity contribution in [2.75, 3.05) is 6.54 Å². The third-order valence-electron chi connectivity index (χ3n) is 2.92. The zero-order chi connectivity index (χ0) is 12.0. The highest BCUT2D eigenvalue weighted by molar-refractivity contribution is 5.80. The van der Waals surface area contributed by atoms with Crippen LogP contribution in [0.3, 0.4) is 0 Å². The van der Waals surface area contributed by atoms with Crippen molar-refractivity contribution in [1.29, 1.82) is 0 Å². The van der Waals surface area contributed by atoms with E-state index in [0.717, 1.165) is 25.7 Å². The van der Waals surface area contributed by atoms with Gasteiger partial charge in [-0.05, 0) is 19.8 Å². The monoisotopic (exact) mass is 226 g/mol. The molecule has 3 unspecified atom stereocenters. The Morgan fingerprint density at radius 1 is 1.62 bits per heavy atom. The summed E-state index contributed by atoms with van der Waals surface area (Å²) in [6.07, 6.45) is 5.49. The van der Waals surface area contributed by atoms with Gasteiger partial charge in [-0.15, -0.1) is 6.58 Å². The normalized spacial score (nSPS) is 27.1. The maximum atomic E-state index is 11.6. The van der Waals surface area contributed by atoms with Crippen molar-refractivity contribution in [2.24, 2.45) is 5.73 Å². The van der Waals surface area contributed by atoms with Gasteiger partial charge in [-0.3, -0.25) is 4.79 Å². The largest absolute Gasteiger partial charge is 0.364 e. The molecule has 0 spiro atoms. The van der Waals surface area contributed by atoms with Crippen LogP contribution < -0.4 is 11.1 Å². The molecule has 92 valence electrons. The highest BCUT2D eigenvalue weighted by atomic mass is 16.5. The molecule has 0 saturated heterocycles. The van der Waals surface area contributed by atoms with Crippen LogP contribution in [0.1, 0.15) is 32.6 Å². The number of nitrogens with one attached hydrogen (secondary N) is 1. The van der Waals surface area contributed by atoms with Gasteiger partial charge in [0.05, 0.1) is 6.10 Å². The maximum absolute atomic E-state index is 11.6. The van der Waals surface area contributed by atoms with E-state index in [1.807, 2.05) is 0 Å². The number of hydrogen-bond acceptors (Lipinski definition) is 3. The first-order valence-corrected chi connectivity index (χ1v) is 5.94. The Balaban J connectivity index is 2.34. The van der Waals surface area contributed by atoms with Crippen LogP contribution in [0.2, 0.25) is 0 Å². The van der Waals surface area contributed by atoms with Gasteiger partial charge in [0.1, 0.15) is 6.10 Å². The lowest BCUT2D eigenvalue weighted by atomic mass is 9.93. The first kappa shape index (κ1) is 13.2. The van der Waals surface area contributed by atoms with E-state index < -0.39 is 6.10 Å². The summed E-state index contributed by atoms with van der Waals surface area (Å²) in [5.41, 5.74) is 5.95. The molecule has 0 aromatic carbocycles. The molecule has 4 nitrogen and oxygen atoms in total. The Labute approximate surface area is 97.2 Å². The zero-order valence-corrected chi connectivity index (χ0v) is 9.95. The molecule has 0 radical (unpaired) electrons. The van der Waals surface area contributed by atoms with Crippen LogP contribution in [0.5, 0.6) is 0 Å². The highest BCUT2D eigenvalue weighted by Crippen LogP contribution is 2.20. The van der Waals surface area contributed by atoms with Gasteiger partial charge in [-0.1, -0.05) is 18.9 Å². The summed E-state index contributed by atoms with van der Waals surface area (Å²) in [6, 6.07) is 0.0726. The standard InChI is InChI=1S/C12H22N2O2/c1-3-8-14-12(15)9(2)16-11-7-5-4-6-10(11)13/h3,9-11H,1,4-8,13H2,2H3,(H,14,15). The minimum absolute atomic E-state index is 0.0261. The van der Waals surface area contributed by atoms with Gasteiger partial charge in [0.15, 0.2) is 0 Å². The van der Waals surface area contributed by atoms with Crippen LogP contribution in [0.4, 0.5) is 0 Å². The number of hydrogen-bond donors (Lipinski definition) is 2. The van der Waals surface area contributed by atoms with Crippen molar-refractivity contribution in [3.8, 4) is 0 Å². The number of rotatable bonds is 5. The highest BCUT2D eigenvalue weighted by Gasteiger charge is 2.26. The zero-order valence-electron chi connectivity index (χ0n) is 9.95. The van der Waals surface area contributed by atoms with Crippen molar-refractivity contribution < 1.29 is 9.53 Å². The summed E-state index contributed by atoms with van der Waals surface area (Å²) in [7, 11) is 0. The fraction of sp³-hybridized carbons (Fsp3) is 0.750. The van der Waals surface area contributed by atoms with E-state index in [2.05, 4.69) is 11.9 Å². The summed E-state index contributed by atoms with van der Waals surface area (Å²) in [6.45, 7) is 5.78. The summed E-state index contributed by atoms with van der Waals surface area (Å²) in [5.74, 6) is -0.0994. The van der Waals surface area contributed by atoms with Crippen molar-refractivity contribution in [1.82, 2.24) is 5.32 Å². The van der Waals surface area contributed by atoms with Crippen molar-refractivity contribution in [3.05, 3.63) is 12.7 Å². The van der Waals surface area contributed by atoms with Gasteiger partial charge in [0.2, 0.25) is 5.91 Å². The predicted molar refractivity (Wildman–Crippen MR) is 64.0 cm³/mol. The Morgan fingerprint density at radius 3 is 2.94 bits per heavy atom. The summed E-state index contributed by atoms with van der Waals surface area (Å²) in [5, 5.41) is 2.71. The number of carbonyl (C=O) groups is 1. The molecular formula is C12H22N2O2. The van der Waals surface area contributed by atoms with Crippen molar-refractivity contribution in [3.63, 3.8) is 0 Å². The van der Waals surface area contributed by atoms with Crippen molar-refractivity contribution >= 4 is 5.91 Å². The molecule has 1 aliphatic rings.